The van der Waals surface area contributed by atoms with Crippen LogP contribution in [-0.4, -0.2) is 36.9 Å². The predicted molar refractivity (Wildman–Crippen MR) is 77.2 cm³/mol. The van der Waals surface area contributed by atoms with Crippen LogP contribution in [-0.2, 0) is 0 Å². The quantitative estimate of drug-likeness (QED) is 0.396. The molecule has 1 aromatic carbocycles. The first kappa shape index (κ1) is 16.0. The number of nitrogens with one attached hydrogen (secondary N) is 1. The number of hydrogen-bond donors (Lipinski definition) is 3. The fourth-order valence-electron chi connectivity index (χ4n) is 1.28. The summed E-state index contributed by atoms with van der Waals surface area (Å²) >= 11 is 0. The summed E-state index contributed by atoms with van der Waals surface area (Å²) in [6.07, 6.45) is -0.787. The Hall–Kier alpha value is -2.08. The Kier molecular flexibility index (Phi) is 6.52. The first-order chi connectivity index (χ1) is 9.47. The molecule has 0 saturated carbocycles. The van der Waals surface area contributed by atoms with E-state index in [9.17, 15) is 9.50 Å². The summed E-state index contributed by atoms with van der Waals surface area (Å²) in [7, 11) is 0. The molecule has 5 nitrogen and oxygen atoms in total. The molecule has 0 aliphatic carbocycles. The van der Waals surface area contributed by atoms with Crippen LogP contribution in [0.25, 0.3) is 0 Å². The molecule has 0 aliphatic rings. The molecular formula is C14H20FN3O2. The highest BCUT2D eigenvalue weighted by molar-refractivity contribution is 5.78. The zero-order valence-corrected chi connectivity index (χ0v) is 11.5. The van der Waals surface area contributed by atoms with Gasteiger partial charge in [-0.2, -0.15) is 0 Å². The molecule has 20 heavy (non-hydrogen) atoms. The normalized spacial score (nSPS) is 12.8. The fourth-order valence-corrected chi connectivity index (χ4v) is 1.28. The number of aliphatic hydroxyl groups is 1. The number of guanidine groups is 1. The van der Waals surface area contributed by atoms with E-state index in [0.717, 1.165) is 5.57 Å². The maximum atomic E-state index is 12.7. The number of hydrogen-bond acceptors (Lipinski definition) is 3. The van der Waals surface area contributed by atoms with Crippen molar-refractivity contribution in [2.75, 3.05) is 19.7 Å². The Labute approximate surface area is 118 Å². The second kappa shape index (κ2) is 8.16. The van der Waals surface area contributed by atoms with Crippen LogP contribution in [0, 0.1) is 5.82 Å². The third kappa shape index (κ3) is 6.75. The SMILES string of the molecule is C=C(C)CNC(N)=NCC(O)COc1ccc(F)cc1. The van der Waals surface area contributed by atoms with Crippen molar-refractivity contribution in [2.24, 2.45) is 10.7 Å². The van der Waals surface area contributed by atoms with Gasteiger partial charge >= 0.3 is 0 Å². The average molecular weight is 281 g/mol. The Morgan fingerprint density at radius 2 is 2.15 bits per heavy atom. The standard InChI is InChI=1S/C14H20FN3O2/c1-10(2)7-17-14(16)18-8-12(19)9-20-13-5-3-11(15)4-6-13/h3-6,12,19H,1,7-9H2,2H3,(H3,16,17,18). The molecule has 6 heteroatoms. The van der Waals surface area contributed by atoms with Gasteiger partial charge in [-0.25, -0.2) is 4.39 Å². The second-order valence-electron chi connectivity index (χ2n) is 4.46. The van der Waals surface area contributed by atoms with Crippen LogP contribution in [0.5, 0.6) is 5.75 Å². The van der Waals surface area contributed by atoms with E-state index in [1.165, 1.54) is 24.3 Å². The summed E-state index contributed by atoms with van der Waals surface area (Å²) in [5, 5.41) is 12.5. The molecule has 0 aliphatic heterocycles. The van der Waals surface area contributed by atoms with E-state index in [4.69, 9.17) is 10.5 Å². The van der Waals surface area contributed by atoms with Crippen LogP contribution in [0.2, 0.25) is 0 Å². The molecule has 1 rings (SSSR count). The van der Waals surface area contributed by atoms with Gasteiger partial charge in [0.25, 0.3) is 0 Å². The third-order valence-corrected chi connectivity index (χ3v) is 2.30. The van der Waals surface area contributed by atoms with Crippen molar-refractivity contribution < 1.29 is 14.2 Å². The Morgan fingerprint density at radius 1 is 1.50 bits per heavy atom. The maximum Gasteiger partial charge on any atom is 0.188 e. The predicted octanol–water partition coefficient (Wildman–Crippen LogP) is 1.05. The number of aliphatic imine (C=N–C) groups is 1. The van der Waals surface area contributed by atoms with Gasteiger partial charge in [0.05, 0.1) is 6.54 Å². The minimum atomic E-state index is -0.787. The van der Waals surface area contributed by atoms with Crippen molar-refractivity contribution >= 4 is 5.96 Å². The van der Waals surface area contributed by atoms with E-state index in [-0.39, 0.29) is 24.9 Å². The smallest absolute Gasteiger partial charge is 0.188 e. The van der Waals surface area contributed by atoms with Gasteiger partial charge in [-0.05, 0) is 31.2 Å². The summed E-state index contributed by atoms with van der Waals surface area (Å²) in [4.78, 5) is 3.97. The lowest BCUT2D eigenvalue weighted by Crippen LogP contribution is -2.34. The van der Waals surface area contributed by atoms with Gasteiger partial charge in [0.15, 0.2) is 5.96 Å². The molecular weight excluding hydrogens is 261 g/mol. The van der Waals surface area contributed by atoms with Crippen molar-refractivity contribution in [3.8, 4) is 5.75 Å². The Balaban J connectivity index is 2.29. The molecule has 1 unspecified atom stereocenters. The number of aliphatic hydroxyl groups excluding tert-OH is 1. The number of nitrogens with two attached hydrogens (primary N) is 1. The number of halogens is 1. The number of rotatable bonds is 7. The third-order valence-electron chi connectivity index (χ3n) is 2.30. The van der Waals surface area contributed by atoms with Gasteiger partial charge in [0.1, 0.15) is 24.3 Å². The second-order valence-corrected chi connectivity index (χ2v) is 4.46. The largest absolute Gasteiger partial charge is 0.491 e. The van der Waals surface area contributed by atoms with Crippen molar-refractivity contribution in [3.05, 3.63) is 42.2 Å². The van der Waals surface area contributed by atoms with Crippen LogP contribution in [0.4, 0.5) is 4.39 Å². The van der Waals surface area contributed by atoms with E-state index in [2.05, 4.69) is 16.9 Å². The van der Waals surface area contributed by atoms with Gasteiger partial charge < -0.3 is 20.9 Å². The van der Waals surface area contributed by atoms with E-state index in [1.54, 1.807) is 0 Å². The van der Waals surface area contributed by atoms with Crippen molar-refractivity contribution in [1.29, 1.82) is 0 Å². The van der Waals surface area contributed by atoms with Gasteiger partial charge in [-0.1, -0.05) is 12.2 Å². The van der Waals surface area contributed by atoms with Gasteiger partial charge in [-0.15, -0.1) is 0 Å². The lowest BCUT2D eigenvalue weighted by molar-refractivity contribution is 0.114. The van der Waals surface area contributed by atoms with Crippen molar-refractivity contribution in [1.82, 2.24) is 5.32 Å². The highest BCUT2D eigenvalue weighted by Gasteiger charge is 2.05. The summed E-state index contributed by atoms with van der Waals surface area (Å²) in [5.74, 6) is 0.399. The molecule has 0 aromatic heterocycles. The van der Waals surface area contributed by atoms with Gasteiger partial charge in [-0.3, -0.25) is 4.99 Å². The molecule has 0 fully saturated rings. The van der Waals surface area contributed by atoms with E-state index in [0.29, 0.717) is 12.3 Å². The molecule has 0 bridgehead atoms. The molecule has 1 atom stereocenters. The van der Waals surface area contributed by atoms with Gasteiger partial charge in [0, 0.05) is 6.54 Å². The molecule has 0 saturated heterocycles. The topological polar surface area (TPSA) is 79.9 Å². The minimum Gasteiger partial charge on any atom is -0.491 e. The number of nitrogens with zero attached hydrogens (tertiary/aromatic N) is 1. The van der Waals surface area contributed by atoms with E-state index in [1.807, 2.05) is 6.92 Å². The van der Waals surface area contributed by atoms with Gasteiger partial charge in [0.2, 0.25) is 0 Å². The molecule has 1 aromatic rings. The molecule has 4 N–H and O–H groups in total. The number of ether oxygens (including phenoxy) is 1. The molecule has 0 heterocycles. The maximum absolute atomic E-state index is 12.7. The first-order valence-corrected chi connectivity index (χ1v) is 6.22. The summed E-state index contributed by atoms with van der Waals surface area (Å²) in [5.41, 5.74) is 6.53. The van der Waals surface area contributed by atoms with Crippen LogP contribution in [0.15, 0.2) is 41.4 Å². The fraction of sp³-hybridized carbons (Fsp3) is 0.357. The molecule has 0 amide bonds. The summed E-state index contributed by atoms with van der Waals surface area (Å²) in [6, 6.07) is 5.57. The van der Waals surface area contributed by atoms with Crippen molar-refractivity contribution in [3.63, 3.8) is 0 Å². The van der Waals surface area contributed by atoms with Crippen molar-refractivity contribution in [2.45, 2.75) is 13.0 Å². The Morgan fingerprint density at radius 3 is 2.75 bits per heavy atom. The monoisotopic (exact) mass is 281 g/mol. The van der Waals surface area contributed by atoms with Crippen LogP contribution < -0.4 is 15.8 Å². The Bertz CT molecular complexity index is 460. The molecule has 0 radical (unpaired) electrons. The lowest BCUT2D eigenvalue weighted by Gasteiger charge is -2.11. The zero-order valence-electron chi connectivity index (χ0n) is 11.5. The zero-order chi connectivity index (χ0) is 15.0. The summed E-state index contributed by atoms with van der Waals surface area (Å²) in [6.45, 7) is 6.31. The van der Waals surface area contributed by atoms with E-state index < -0.39 is 6.10 Å². The molecule has 110 valence electrons. The van der Waals surface area contributed by atoms with Crippen LogP contribution in [0.1, 0.15) is 6.92 Å². The highest BCUT2D eigenvalue weighted by atomic mass is 19.1. The number of benzene rings is 1. The van der Waals surface area contributed by atoms with Crippen LogP contribution >= 0.6 is 0 Å². The molecule has 0 spiro atoms. The first-order valence-electron chi connectivity index (χ1n) is 6.22. The van der Waals surface area contributed by atoms with E-state index >= 15 is 0 Å². The summed E-state index contributed by atoms with van der Waals surface area (Å²) < 4.78 is 18.0. The average Bonchev–Trinajstić information content (AvgIpc) is 2.42. The lowest BCUT2D eigenvalue weighted by atomic mass is 10.3. The van der Waals surface area contributed by atoms with Crippen LogP contribution in [0.3, 0.4) is 0 Å². The highest BCUT2D eigenvalue weighted by Crippen LogP contribution is 2.11. The minimum absolute atomic E-state index is 0.0584.